The summed E-state index contributed by atoms with van der Waals surface area (Å²) in [6.07, 6.45) is 2.08. The van der Waals surface area contributed by atoms with Crippen LogP contribution in [0, 0.1) is 12.7 Å². The van der Waals surface area contributed by atoms with Crippen molar-refractivity contribution in [1.29, 1.82) is 0 Å². The Labute approximate surface area is 125 Å². The molecule has 1 saturated carbocycles. The van der Waals surface area contributed by atoms with E-state index in [0.29, 0.717) is 23.4 Å². The normalized spacial score (nSPS) is 20.7. The third-order valence-electron chi connectivity index (χ3n) is 4.18. The number of rotatable bonds is 4. The van der Waals surface area contributed by atoms with Gasteiger partial charge in [0.2, 0.25) is 0 Å². The zero-order valence-corrected chi connectivity index (χ0v) is 12.4. The van der Waals surface area contributed by atoms with E-state index in [4.69, 9.17) is 4.74 Å². The van der Waals surface area contributed by atoms with E-state index in [1.807, 2.05) is 0 Å². The van der Waals surface area contributed by atoms with Crippen LogP contribution in [0.2, 0.25) is 0 Å². The van der Waals surface area contributed by atoms with Gasteiger partial charge in [0.05, 0.1) is 12.8 Å². The topological polar surface area (TPSA) is 21.3 Å². The summed E-state index contributed by atoms with van der Waals surface area (Å²) >= 11 is 0. The molecule has 21 heavy (non-hydrogen) atoms. The van der Waals surface area contributed by atoms with Crippen molar-refractivity contribution in [2.24, 2.45) is 0 Å². The maximum absolute atomic E-state index is 13.8. The molecular formula is C18H20FNO. The Balaban J connectivity index is 1.62. The summed E-state index contributed by atoms with van der Waals surface area (Å²) in [5.74, 6) is 1.03. The number of aryl methyl sites for hydroxylation is 1. The van der Waals surface area contributed by atoms with Crippen molar-refractivity contribution in [3.8, 4) is 5.75 Å². The van der Waals surface area contributed by atoms with Gasteiger partial charge in [0.15, 0.2) is 0 Å². The Morgan fingerprint density at radius 1 is 1.14 bits per heavy atom. The molecule has 0 aliphatic heterocycles. The van der Waals surface area contributed by atoms with E-state index in [1.165, 1.54) is 17.2 Å². The summed E-state index contributed by atoms with van der Waals surface area (Å²) in [5.41, 5.74) is 3.21. The molecular weight excluding hydrogens is 265 g/mol. The first-order valence-corrected chi connectivity index (χ1v) is 7.32. The van der Waals surface area contributed by atoms with E-state index in [-0.39, 0.29) is 5.82 Å². The predicted octanol–water partition coefficient (Wildman–Crippen LogP) is 4.50. The summed E-state index contributed by atoms with van der Waals surface area (Å²) in [7, 11) is 1.59. The second-order valence-electron chi connectivity index (χ2n) is 5.77. The van der Waals surface area contributed by atoms with Crippen LogP contribution in [-0.4, -0.2) is 13.2 Å². The van der Waals surface area contributed by atoms with Crippen molar-refractivity contribution in [3.63, 3.8) is 0 Å². The molecule has 1 aliphatic rings. The quantitative estimate of drug-likeness (QED) is 0.893. The second-order valence-corrected chi connectivity index (χ2v) is 5.77. The minimum Gasteiger partial charge on any atom is -0.497 e. The first-order valence-electron chi connectivity index (χ1n) is 7.32. The molecule has 0 radical (unpaired) electrons. The van der Waals surface area contributed by atoms with Crippen LogP contribution in [-0.2, 0) is 0 Å². The Morgan fingerprint density at radius 2 is 1.95 bits per heavy atom. The van der Waals surface area contributed by atoms with Gasteiger partial charge in [0.25, 0.3) is 0 Å². The van der Waals surface area contributed by atoms with Crippen LogP contribution in [0.1, 0.15) is 29.9 Å². The van der Waals surface area contributed by atoms with E-state index in [1.54, 1.807) is 19.2 Å². The molecule has 0 unspecified atom stereocenters. The number of anilines is 1. The van der Waals surface area contributed by atoms with E-state index in [9.17, 15) is 4.39 Å². The van der Waals surface area contributed by atoms with E-state index < -0.39 is 0 Å². The van der Waals surface area contributed by atoms with E-state index >= 15 is 0 Å². The third-order valence-corrected chi connectivity index (χ3v) is 4.18. The van der Waals surface area contributed by atoms with Crippen molar-refractivity contribution in [2.45, 2.75) is 31.7 Å². The summed E-state index contributed by atoms with van der Waals surface area (Å²) in [6, 6.07) is 13.8. The average Bonchev–Trinajstić information content (AvgIpc) is 2.44. The number of ether oxygens (including phenoxy) is 1. The molecule has 0 atom stereocenters. The highest BCUT2D eigenvalue weighted by Gasteiger charge is 2.30. The highest BCUT2D eigenvalue weighted by atomic mass is 19.1. The smallest absolute Gasteiger partial charge is 0.146 e. The van der Waals surface area contributed by atoms with Gasteiger partial charge in [-0.3, -0.25) is 0 Å². The number of hydrogen-bond acceptors (Lipinski definition) is 2. The minimum atomic E-state index is -0.227. The molecule has 2 aromatic carbocycles. The highest BCUT2D eigenvalue weighted by Crippen LogP contribution is 2.39. The monoisotopic (exact) mass is 285 g/mol. The van der Waals surface area contributed by atoms with Gasteiger partial charge in [-0.15, -0.1) is 0 Å². The molecule has 1 N–H and O–H groups in total. The molecule has 2 aromatic rings. The van der Waals surface area contributed by atoms with Gasteiger partial charge in [0, 0.05) is 12.1 Å². The van der Waals surface area contributed by atoms with Crippen LogP contribution < -0.4 is 10.1 Å². The fraction of sp³-hybridized carbons (Fsp3) is 0.333. The fourth-order valence-electron chi connectivity index (χ4n) is 2.89. The van der Waals surface area contributed by atoms with Crippen molar-refractivity contribution in [2.75, 3.05) is 12.4 Å². The summed E-state index contributed by atoms with van der Waals surface area (Å²) in [5, 5.41) is 3.28. The van der Waals surface area contributed by atoms with E-state index in [0.717, 1.165) is 12.8 Å². The van der Waals surface area contributed by atoms with E-state index in [2.05, 4.69) is 36.5 Å². The van der Waals surface area contributed by atoms with Gasteiger partial charge < -0.3 is 10.1 Å². The number of halogens is 1. The van der Waals surface area contributed by atoms with Gasteiger partial charge in [-0.1, -0.05) is 29.8 Å². The van der Waals surface area contributed by atoms with Crippen LogP contribution in [0.15, 0.2) is 42.5 Å². The Morgan fingerprint density at radius 3 is 2.67 bits per heavy atom. The number of nitrogens with one attached hydrogen (secondary N) is 1. The summed E-state index contributed by atoms with van der Waals surface area (Å²) in [6.45, 7) is 2.11. The van der Waals surface area contributed by atoms with Crippen molar-refractivity contribution < 1.29 is 9.13 Å². The Bertz CT molecular complexity index is 635. The van der Waals surface area contributed by atoms with Gasteiger partial charge >= 0.3 is 0 Å². The number of benzene rings is 2. The molecule has 0 aromatic heterocycles. The number of hydrogen-bond donors (Lipinski definition) is 1. The molecule has 0 spiro atoms. The number of methoxy groups -OCH3 is 1. The summed E-state index contributed by atoms with van der Waals surface area (Å²) < 4.78 is 18.9. The molecule has 3 heteroatoms. The molecule has 0 saturated heterocycles. The molecule has 2 nitrogen and oxygen atoms in total. The lowest BCUT2D eigenvalue weighted by Crippen LogP contribution is -2.34. The van der Waals surface area contributed by atoms with Gasteiger partial charge in [-0.2, -0.15) is 0 Å². The van der Waals surface area contributed by atoms with Crippen molar-refractivity contribution in [3.05, 3.63) is 59.4 Å². The van der Waals surface area contributed by atoms with Gasteiger partial charge in [0.1, 0.15) is 11.6 Å². The predicted molar refractivity (Wildman–Crippen MR) is 83.5 cm³/mol. The lowest BCUT2D eigenvalue weighted by Gasteiger charge is -2.37. The highest BCUT2D eigenvalue weighted by molar-refractivity contribution is 5.51. The maximum atomic E-state index is 13.8. The van der Waals surface area contributed by atoms with Crippen LogP contribution in [0.4, 0.5) is 10.1 Å². The Kier molecular flexibility index (Phi) is 3.82. The van der Waals surface area contributed by atoms with Crippen LogP contribution in [0.25, 0.3) is 0 Å². The summed E-state index contributed by atoms with van der Waals surface area (Å²) in [4.78, 5) is 0. The second kappa shape index (κ2) is 5.76. The molecule has 1 fully saturated rings. The maximum Gasteiger partial charge on any atom is 0.146 e. The van der Waals surface area contributed by atoms with Crippen LogP contribution in [0.3, 0.4) is 0 Å². The lowest BCUT2D eigenvalue weighted by molar-refractivity contribution is 0.372. The third kappa shape index (κ3) is 3.02. The minimum absolute atomic E-state index is 0.227. The largest absolute Gasteiger partial charge is 0.497 e. The van der Waals surface area contributed by atoms with Crippen LogP contribution in [0.5, 0.6) is 5.75 Å². The standard InChI is InChI=1S/C18H20FNO/c1-12-4-3-5-13(8-12)14-9-15(10-14)20-18-11-16(21-2)6-7-17(18)19/h3-8,11,14-15,20H,9-10H2,1-2H3. The van der Waals surface area contributed by atoms with Crippen molar-refractivity contribution >= 4 is 5.69 Å². The molecule has 110 valence electrons. The molecule has 0 amide bonds. The lowest BCUT2D eigenvalue weighted by atomic mass is 9.75. The SMILES string of the molecule is COc1ccc(F)c(NC2CC(c3cccc(C)c3)C2)c1. The van der Waals surface area contributed by atoms with Crippen LogP contribution >= 0.6 is 0 Å². The fourth-order valence-corrected chi connectivity index (χ4v) is 2.89. The first-order chi connectivity index (χ1) is 10.2. The first kappa shape index (κ1) is 13.9. The Hall–Kier alpha value is -2.03. The molecule has 1 aliphatic carbocycles. The molecule has 0 heterocycles. The average molecular weight is 285 g/mol. The molecule has 0 bridgehead atoms. The van der Waals surface area contributed by atoms with Gasteiger partial charge in [-0.25, -0.2) is 4.39 Å². The van der Waals surface area contributed by atoms with Crippen molar-refractivity contribution in [1.82, 2.24) is 0 Å². The van der Waals surface area contributed by atoms with Gasteiger partial charge in [-0.05, 0) is 43.4 Å². The molecule has 3 rings (SSSR count). The zero-order chi connectivity index (χ0) is 14.8. The zero-order valence-electron chi connectivity index (χ0n) is 12.4.